The predicted octanol–water partition coefficient (Wildman–Crippen LogP) is 5.08. The Morgan fingerprint density at radius 2 is 1.87 bits per heavy atom. The zero-order chi connectivity index (χ0) is 23.1. The van der Waals surface area contributed by atoms with Gasteiger partial charge >= 0.3 is 0 Å². The van der Waals surface area contributed by atoms with Gasteiger partial charge in [-0.1, -0.05) is 45.4 Å². The van der Waals surface area contributed by atoms with Crippen LogP contribution in [0.15, 0.2) is 35.5 Å². The number of Topliss-reactive ketones (excluding diaryl/α,β-unsaturated/α-hetero) is 1. The van der Waals surface area contributed by atoms with Crippen LogP contribution in [0.5, 0.6) is 0 Å². The van der Waals surface area contributed by atoms with Crippen LogP contribution in [0.2, 0.25) is 0 Å². The average Bonchev–Trinajstić information content (AvgIpc) is 2.79. The van der Waals surface area contributed by atoms with Gasteiger partial charge < -0.3 is 14.4 Å². The standard InChI is InChI=1S/C25H41NO4/c1-10-12-25(15-19(4)14-18(2)3)22(11-13-29-8)23(28)26(17-30-9)24(25,7)16-20(5)21(6)27/h11,16,18H,4,10,12-15,17H2,1-3,5-9H3. The number of hydrogen-bond donors (Lipinski definition) is 0. The van der Waals surface area contributed by atoms with E-state index in [-0.39, 0.29) is 18.4 Å². The number of allylic oxidation sites excluding steroid dienone is 2. The highest BCUT2D eigenvalue weighted by Crippen LogP contribution is 2.57. The lowest BCUT2D eigenvalue weighted by atomic mass is 9.61. The van der Waals surface area contributed by atoms with Crippen LogP contribution >= 0.6 is 0 Å². The van der Waals surface area contributed by atoms with E-state index in [4.69, 9.17) is 9.47 Å². The Balaban J connectivity index is 3.83. The second-order valence-corrected chi connectivity index (χ2v) is 9.11. The number of ketones is 1. The van der Waals surface area contributed by atoms with Gasteiger partial charge in [0.2, 0.25) is 0 Å². The van der Waals surface area contributed by atoms with Crippen LogP contribution in [0.1, 0.15) is 67.2 Å². The van der Waals surface area contributed by atoms with Crippen LogP contribution < -0.4 is 0 Å². The molecule has 2 atom stereocenters. The molecule has 1 heterocycles. The molecule has 0 radical (unpaired) electrons. The van der Waals surface area contributed by atoms with E-state index in [2.05, 4.69) is 34.3 Å². The van der Waals surface area contributed by atoms with Crippen molar-refractivity contribution < 1.29 is 19.1 Å². The molecule has 0 saturated carbocycles. The van der Waals surface area contributed by atoms with E-state index >= 15 is 0 Å². The normalized spacial score (nSPS) is 26.2. The van der Waals surface area contributed by atoms with E-state index in [1.54, 1.807) is 26.0 Å². The first-order chi connectivity index (χ1) is 14.0. The molecule has 1 rings (SSSR count). The maximum absolute atomic E-state index is 13.6. The van der Waals surface area contributed by atoms with Crippen molar-refractivity contribution in [3.05, 3.63) is 35.5 Å². The smallest absolute Gasteiger partial charge is 0.252 e. The number of carbonyl (C=O) groups is 2. The predicted molar refractivity (Wildman–Crippen MR) is 122 cm³/mol. The van der Waals surface area contributed by atoms with Crippen molar-refractivity contribution in [2.24, 2.45) is 11.3 Å². The summed E-state index contributed by atoms with van der Waals surface area (Å²) >= 11 is 0. The van der Waals surface area contributed by atoms with Gasteiger partial charge in [0.05, 0.1) is 12.1 Å². The van der Waals surface area contributed by atoms with E-state index in [9.17, 15) is 9.59 Å². The molecule has 0 aromatic carbocycles. The fourth-order valence-corrected chi connectivity index (χ4v) is 4.86. The topological polar surface area (TPSA) is 55.8 Å². The van der Waals surface area contributed by atoms with E-state index in [0.29, 0.717) is 24.5 Å². The minimum atomic E-state index is -0.717. The summed E-state index contributed by atoms with van der Waals surface area (Å²) in [5.41, 5.74) is 1.27. The summed E-state index contributed by atoms with van der Waals surface area (Å²) < 4.78 is 10.7. The minimum absolute atomic E-state index is 0.00164. The first-order valence-corrected chi connectivity index (χ1v) is 10.9. The molecule has 170 valence electrons. The van der Waals surface area contributed by atoms with Gasteiger partial charge in [-0.2, -0.15) is 0 Å². The second-order valence-electron chi connectivity index (χ2n) is 9.11. The molecule has 0 N–H and O–H groups in total. The Labute approximate surface area is 183 Å². The third-order valence-corrected chi connectivity index (χ3v) is 6.21. The number of rotatable bonds is 12. The summed E-state index contributed by atoms with van der Waals surface area (Å²) in [6.45, 7) is 16.8. The molecule has 2 unspecified atom stereocenters. The van der Waals surface area contributed by atoms with Gasteiger partial charge in [0.1, 0.15) is 6.73 Å². The molecule has 5 nitrogen and oxygen atoms in total. The lowest BCUT2D eigenvalue weighted by Gasteiger charge is -2.46. The Bertz CT molecular complexity index is 706. The molecule has 1 fully saturated rings. The fraction of sp³-hybridized carbons (Fsp3) is 0.680. The summed E-state index contributed by atoms with van der Waals surface area (Å²) in [5, 5.41) is 0. The van der Waals surface area contributed by atoms with Gasteiger partial charge in [-0.25, -0.2) is 0 Å². The fourth-order valence-electron chi connectivity index (χ4n) is 4.86. The molecule has 0 spiro atoms. The molecule has 1 aliphatic heterocycles. The summed E-state index contributed by atoms with van der Waals surface area (Å²) in [6.07, 6.45) is 7.15. The van der Waals surface area contributed by atoms with E-state index in [1.807, 2.05) is 19.1 Å². The number of amides is 1. The maximum Gasteiger partial charge on any atom is 0.252 e. The monoisotopic (exact) mass is 419 g/mol. The summed E-state index contributed by atoms with van der Waals surface area (Å²) in [5.74, 6) is 0.423. The maximum atomic E-state index is 13.6. The van der Waals surface area contributed by atoms with Crippen molar-refractivity contribution in [1.82, 2.24) is 4.90 Å². The number of hydrogen-bond acceptors (Lipinski definition) is 4. The average molecular weight is 420 g/mol. The highest BCUT2D eigenvalue weighted by Gasteiger charge is 2.61. The van der Waals surface area contributed by atoms with Crippen molar-refractivity contribution in [1.29, 1.82) is 0 Å². The Hall–Kier alpha value is -1.72. The third kappa shape index (κ3) is 5.30. The van der Waals surface area contributed by atoms with Crippen LogP contribution in [-0.4, -0.2) is 49.7 Å². The Kier molecular flexibility index (Phi) is 9.70. The number of likely N-dealkylation sites (tertiary alicyclic amines) is 1. The van der Waals surface area contributed by atoms with Crippen molar-refractivity contribution in [3.63, 3.8) is 0 Å². The van der Waals surface area contributed by atoms with Crippen LogP contribution in [0.25, 0.3) is 0 Å². The highest BCUT2D eigenvalue weighted by molar-refractivity contribution is 6.00. The Morgan fingerprint density at radius 3 is 2.33 bits per heavy atom. The van der Waals surface area contributed by atoms with Crippen molar-refractivity contribution >= 4 is 11.7 Å². The zero-order valence-corrected chi connectivity index (χ0v) is 20.3. The molecule has 1 amide bonds. The van der Waals surface area contributed by atoms with Crippen molar-refractivity contribution in [2.45, 2.75) is 72.8 Å². The number of carbonyl (C=O) groups excluding carboxylic acids is 2. The van der Waals surface area contributed by atoms with Gasteiger partial charge in [0.15, 0.2) is 5.78 Å². The quantitative estimate of drug-likeness (QED) is 0.327. The lowest BCUT2D eigenvalue weighted by molar-refractivity contribution is -0.133. The van der Waals surface area contributed by atoms with Crippen LogP contribution in [0, 0.1) is 11.3 Å². The third-order valence-electron chi connectivity index (χ3n) is 6.21. The van der Waals surface area contributed by atoms with E-state index in [0.717, 1.165) is 30.4 Å². The largest absolute Gasteiger partial charge is 0.381 e. The van der Waals surface area contributed by atoms with Gasteiger partial charge in [-0.15, -0.1) is 0 Å². The van der Waals surface area contributed by atoms with Gasteiger partial charge in [0.25, 0.3) is 5.91 Å². The molecular weight excluding hydrogens is 378 g/mol. The molecule has 1 aliphatic rings. The lowest BCUT2D eigenvalue weighted by Crippen LogP contribution is -2.52. The van der Waals surface area contributed by atoms with E-state index in [1.165, 1.54) is 0 Å². The molecule has 5 heteroatoms. The molecular formula is C25H41NO4. The molecule has 0 aliphatic carbocycles. The molecule has 0 aromatic heterocycles. The van der Waals surface area contributed by atoms with Gasteiger partial charge in [0, 0.05) is 25.2 Å². The van der Waals surface area contributed by atoms with Crippen molar-refractivity contribution in [2.75, 3.05) is 27.6 Å². The van der Waals surface area contributed by atoms with Gasteiger partial charge in [-0.05, 0) is 57.6 Å². The SMILES string of the molecule is C=C(CC(C)C)CC1(CCC)C(=CCOC)C(=O)N(COC)C1(C)C=C(C)C(C)=O. The molecule has 0 bridgehead atoms. The second kappa shape index (κ2) is 11.1. The zero-order valence-electron chi connectivity index (χ0n) is 20.3. The highest BCUT2D eigenvalue weighted by atomic mass is 16.5. The van der Waals surface area contributed by atoms with Crippen molar-refractivity contribution in [3.8, 4) is 0 Å². The molecule has 0 aromatic rings. The summed E-state index contributed by atoms with van der Waals surface area (Å²) in [6, 6.07) is 0. The van der Waals surface area contributed by atoms with Gasteiger partial charge in [-0.3, -0.25) is 9.59 Å². The van der Waals surface area contributed by atoms with Crippen LogP contribution in [-0.2, 0) is 19.1 Å². The molecule has 30 heavy (non-hydrogen) atoms. The van der Waals surface area contributed by atoms with Crippen LogP contribution in [0.3, 0.4) is 0 Å². The van der Waals surface area contributed by atoms with Crippen LogP contribution in [0.4, 0.5) is 0 Å². The summed E-state index contributed by atoms with van der Waals surface area (Å²) in [7, 11) is 3.22. The molecule has 1 saturated heterocycles. The first-order valence-electron chi connectivity index (χ1n) is 10.9. The van der Waals surface area contributed by atoms with E-state index < -0.39 is 11.0 Å². The number of nitrogens with zero attached hydrogens (tertiary/aromatic N) is 1. The number of methoxy groups -OCH3 is 2. The summed E-state index contributed by atoms with van der Waals surface area (Å²) in [4.78, 5) is 27.6. The minimum Gasteiger partial charge on any atom is -0.381 e. The first kappa shape index (κ1) is 26.3. The Morgan fingerprint density at radius 1 is 1.23 bits per heavy atom. The number of ether oxygens (including phenoxy) is 2.